The first-order valence-corrected chi connectivity index (χ1v) is 5.10. The number of hydrogen-bond donors (Lipinski definition) is 1. The molecule has 1 N–H and O–H groups in total. The zero-order valence-electron chi connectivity index (χ0n) is 9.36. The molecule has 0 aromatic rings. The van der Waals surface area contributed by atoms with E-state index in [1.165, 1.54) is 14.0 Å². The van der Waals surface area contributed by atoms with Crippen LogP contribution in [0.3, 0.4) is 0 Å². The lowest BCUT2D eigenvalue weighted by molar-refractivity contribution is -0.148. The molecular formula is C11H15NO4. The van der Waals surface area contributed by atoms with Crippen LogP contribution in [-0.4, -0.2) is 30.8 Å². The summed E-state index contributed by atoms with van der Waals surface area (Å²) in [5, 5.41) is 2.41. The highest BCUT2D eigenvalue weighted by molar-refractivity contribution is 6.04. The Labute approximate surface area is 93.8 Å². The molecule has 1 unspecified atom stereocenters. The summed E-state index contributed by atoms with van der Waals surface area (Å²) in [5.74, 6) is -1.61. The van der Waals surface area contributed by atoms with Crippen molar-refractivity contribution in [2.45, 2.75) is 25.8 Å². The second-order valence-corrected chi connectivity index (χ2v) is 3.72. The van der Waals surface area contributed by atoms with Crippen molar-refractivity contribution in [2.75, 3.05) is 7.11 Å². The van der Waals surface area contributed by atoms with E-state index in [0.29, 0.717) is 12.8 Å². The third kappa shape index (κ3) is 2.92. The number of amides is 1. The summed E-state index contributed by atoms with van der Waals surface area (Å²) in [6.07, 6.45) is 5.12. The Hall–Kier alpha value is -1.65. The molecule has 0 heterocycles. The first-order chi connectivity index (χ1) is 7.56. The standard InChI is InChI=1S/C11H15NO4/c1-7(13)9(11(15)16-2)12-10(14)8-5-3-4-6-8/h3-4,8-9H,5-6H2,1-2H3,(H,12,14). The minimum absolute atomic E-state index is 0.175. The molecule has 0 spiro atoms. The van der Waals surface area contributed by atoms with Gasteiger partial charge in [-0.1, -0.05) is 12.2 Å². The van der Waals surface area contributed by atoms with Crippen LogP contribution in [0.5, 0.6) is 0 Å². The lowest BCUT2D eigenvalue weighted by Crippen LogP contribution is -2.47. The van der Waals surface area contributed by atoms with Crippen molar-refractivity contribution in [3.8, 4) is 0 Å². The number of ether oxygens (including phenoxy) is 1. The van der Waals surface area contributed by atoms with Crippen LogP contribution >= 0.6 is 0 Å². The van der Waals surface area contributed by atoms with Crippen LogP contribution < -0.4 is 5.32 Å². The maximum atomic E-state index is 11.7. The highest BCUT2D eigenvalue weighted by atomic mass is 16.5. The quantitative estimate of drug-likeness (QED) is 0.421. The molecule has 16 heavy (non-hydrogen) atoms. The molecular weight excluding hydrogens is 210 g/mol. The summed E-state index contributed by atoms with van der Waals surface area (Å²) in [7, 11) is 1.18. The fraction of sp³-hybridized carbons (Fsp3) is 0.545. The summed E-state index contributed by atoms with van der Waals surface area (Å²) >= 11 is 0. The molecule has 0 radical (unpaired) electrons. The van der Waals surface area contributed by atoms with E-state index in [1.807, 2.05) is 12.2 Å². The summed E-state index contributed by atoms with van der Waals surface area (Å²) in [6, 6.07) is -1.18. The van der Waals surface area contributed by atoms with Gasteiger partial charge in [-0.25, -0.2) is 4.79 Å². The van der Waals surface area contributed by atoms with Crippen molar-refractivity contribution < 1.29 is 19.1 Å². The van der Waals surface area contributed by atoms with Gasteiger partial charge in [-0.2, -0.15) is 0 Å². The number of esters is 1. The van der Waals surface area contributed by atoms with Gasteiger partial charge in [0.05, 0.1) is 7.11 Å². The van der Waals surface area contributed by atoms with Gasteiger partial charge in [-0.3, -0.25) is 9.59 Å². The number of Topliss-reactive ketones (excluding diaryl/α,β-unsaturated/α-hetero) is 1. The lowest BCUT2D eigenvalue weighted by Gasteiger charge is -2.16. The molecule has 5 heteroatoms. The smallest absolute Gasteiger partial charge is 0.336 e. The average molecular weight is 225 g/mol. The first kappa shape index (κ1) is 12.4. The van der Waals surface area contributed by atoms with Crippen LogP contribution in [0.25, 0.3) is 0 Å². The van der Waals surface area contributed by atoms with E-state index in [2.05, 4.69) is 10.1 Å². The van der Waals surface area contributed by atoms with E-state index in [0.717, 1.165) is 0 Å². The zero-order valence-corrected chi connectivity index (χ0v) is 9.36. The number of hydrogen-bond acceptors (Lipinski definition) is 4. The largest absolute Gasteiger partial charge is 0.467 e. The molecule has 0 fully saturated rings. The van der Waals surface area contributed by atoms with Gasteiger partial charge in [0.1, 0.15) is 0 Å². The molecule has 1 amide bonds. The van der Waals surface area contributed by atoms with Gasteiger partial charge in [-0.15, -0.1) is 0 Å². The van der Waals surface area contributed by atoms with E-state index in [4.69, 9.17) is 0 Å². The Kier molecular flexibility index (Phi) is 4.22. The molecule has 0 saturated carbocycles. The van der Waals surface area contributed by atoms with E-state index < -0.39 is 17.8 Å². The van der Waals surface area contributed by atoms with Crippen LogP contribution in [0.1, 0.15) is 19.8 Å². The number of nitrogens with one attached hydrogen (secondary N) is 1. The predicted octanol–water partition coefficient (Wildman–Crippen LogP) is 0.199. The van der Waals surface area contributed by atoms with Crippen molar-refractivity contribution in [1.29, 1.82) is 0 Å². The monoisotopic (exact) mass is 225 g/mol. The normalized spacial score (nSPS) is 16.9. The number of carbonyl (C=O) groups excluding carboxylic acids is 3. The third-order valence-corrected chi connectivity index (χ3v) is 2.51. The lowest BCUT2D eigenvalue weighted by atomic mass is 10.1. The van der Waals surface area contributed by atoms with Gasteiger partial charge in [-0.05, 0) is 19.8 Å². The van der Waals surface area contributed by atoms with Crippen LogP contribution in [0.15, 0.2) is 12.2 Å². The zero-order chi connectivity index (χ0) is 12.1. The van der Waals surface area contributed by atoms with E-state index in [1.54, 1.807) is 0 Å². The van der Waals surface area contributed by atoms with E-state index >= 15 is 0 Å². The predicted molar refractivity (Wildman–Crippen MR) is 56.5 cm³/mol. The van der Waals surface area contributed by atoms with Crippen molar-refractivity contribution >= 4 is 17.7 Å². The number of allylic oxidation sites excluding steroid dienone is 2. The van der Waals surface area contributed by atoms with E-state index in [9.17, 15) is 14.4 Å². The fourth-order valence-corrected chi connectivity index (χ4v) is 1.54. The fourth-order valence-electron chi connectivity index (χ4n) is 1.54. The minimum Gasteiger partial charge on any atom is -0.467 e. The van der Waals surface area contributed by atoms with Crippen molar-refractivity contribution in [1.82, 2.24) is 5.32 Å². The Morgan fingerprint density at radius 3 is 2.31 bits per heavy atom. The Balaban J connectivity index is 2.57. The average Bonchev–Trinajstić information content (AvgIpc) is 2.77. The Morgan fingerprint density at radius 1 is 1.31 bits per heavy atom. The SMILES string of the molecule is COC(=O)C(NC(=O)C1CC=CC1)C(C)=O. The second kappa shape index (κ2) is 5.44. The second-order valence-electron chi connectivity index (χ2n) is 3.72. The van der Waals surface area contributed by atoms with E-state index in [-0.39, 0.29) is 11.8 Å². The van der Waals surface area contributed by atoms with Crippen LogP contribution in [0, 0.1) is 5.92 Å². The maximum Gasteiger partial charge on any atom is 0.336 e. The topological polar surface area (TPSA) is 72.5 Å². The van der Waals surface area contributed by atoms with Gasteiger partial charge < -0.3 is 10.1 Å². The molecule has 1 aliphatic rings. The maximum absolute atomic E-state index is 11.7. The molecule has 0 aromatic carbocycles. The minimum atomic E-state index is -1.18. The Morgan fingerprint density at radius 2 is 1.88 bits per heavy atom. The number of carbonyl (C=O) groups is 3. The molecule has 5 nitrogen and oxygen atoms in total. The third-order valence-electron chi connectivity index (χ3n) is 2.51. The molecule has 0 saturated heterocycles. The van der Waals surface area contributed by atoms with Crippen molar-refractivity contribution in [3.05, 3.63) is 12.2 Å². The van der Waals surface area contributed by atoms with Crippen molar-refractivity contribution in [2.24, 2.45) is 5.92 Å². The van der Waals surface area contributed by atoms with Gasteiger partial charge in [0.2, 0.25) is 5.91 Å². The number of ketones is 1. The molecule has 1 rings (SSSR count). The highest BCUT2D eigenvalue weighted by Crippen LogP contribution is 2.17. The summed E-state index contributed by atoms with van der Waals surface area (Å²) in [5.41, 5.74) is 0. The van der Waals surface area contributed by atoms with Gasteiger partial charge >= 0.3 is 5.97 Å². The van der Waals surface area contributed by atoms with Gasteiger partial charge in [0.25, 0.3) is 0 Å². The molecule has 0 bridgehead atoms. The summed E-state index contributed by atoms with van der Waals surface area (Å²) in [6.45, 7) is 1.24. The van der Waals surface area contributed by atoms with Gasteiger partial charge in [0.15, 0.2) is 11.8 Å². The first-order valence-electron chi connectivity index (χ1n) is 5.10. The van der Waals surface area contributed by atoms with Crippen LogP contribution in [0.2, 0.25) is 0 Å². The van der Waals surface area contributed by atoms with Crippen LogP contribution in [-0.2, 0) is 19.1 Å². The number of methoxy groups -OCH3 is 1. The number of rotatable bonds is 4. The molecule has 1 atom stereocenters. The van der Waals surface area contributed by atoms with Gasteiger partial charge in [0, 0.05) is 5.92 Å². The molecule has 0 aromatic heterocycles. The molecule has 0 aliphatic heterocycles. The molecule has 88 valence electrons. The van der Waals surface area contributed by atoms with Crippen LogP contribution in [0.4, 0.5) is 0 Å². The summed E-state index contributed by atoms with van der Waals surface area (Å²) in [4.78, 5) is 34.1. The Bertz CT molecular complexity index is 327. The highest BCUT2D eigenvalue weighted by Gasteiger charge is 2.29. The van der Waals surface area contributed by atoms with Crippen molar-refractivity contribution in [3.63, 3.8) is 0 Å². The molecule has 1 aliphatic carbocycles. The summed E-state index contributed by atoms with van der Waals surface area (Å²) < 4.78 is 4.45.